The highest BCUT2D eigenvalue weighted by Crippen LogP contribution is 2.29. The first-order valence-corrected chi connectivity index (χ1v) is 6.89. The van der Waals surface area contributed by atoms with Gasteiger partial charge in [0.15, 0.2) is 0 Å². The zero-order chi connectivity index (χ0) is 13.7. The van der Waals surface area contributed by atoms with E-state index in [1.54, 1.807) is 0 Å². The van der Waals surface area contributed by atoms with Crippen molar-refractivity contribution in [3.8, 4) is 0 Å². The molecule has 1 fully saturated rings. The summed E-state index contributed by atoms with van der Waals surface area (Å²) in [5.74, 6) is 0.144. The Balaban J connectivity index is 2.07. The fraction of sp³-hybridized carbons (Fsp3) is 0.500. The average molecular weight is 259 g/mol. The summed E-state index contributed by atoms with van der Waals surface area (Å²) < 4.78 is 4.76. The largest absolute Gasteiger partial charge is 0.469 e. The highest BCUT2D eigenvalue weighted by atomic mass is 16.5. The number of methoxy groups -OCH3 is 1. The van der Waals surface area contributed by atoms with Crippen LogP contribution in [0.4, 0.5) is 0 Å². The van der Waals surface area contributed by atoms with Gasteiger partial charge in [-0.1, -0.05) is 30.3 Å². The average Bonchev–Trinajstić information content (AvgIpc) is 2.86. The normalized spacial score (nSPS) is 22.4. The van der Waals surface area contributed by atoms with Gasteiger partial charge in [0.2, 0.25) is 0 Å². The van der Waals surface area contributed by atoms with Crippen molar-refractivity contribution in [2.45, 2.75) is 38.6 Å². The molecule has 1 aliphatic rings. The minimum absolute atomic E-state index is 0.132. The van der Waals surface area contributed by atoms with Crippen LogP contribution in [0.15, 0.2) is 35.3 Å². The molecule has 2 rings (SSSR count). The maximum atomic E-state index is 11.4. The molecule has 0 aliphatic heterocycles. The van der Waals surface area contributed by atoms with E-state index in [4.69, 9.17) is 9.73 Å². The topological polar surface area (TPSA) is 38.7 Å². The number of carbonyl (C=O) groups excluding carboxylic acids is 1. The van der Waals surface area contributed by atoms with Crippen LogP contribution in [0, 0.1) is 5.92 Å². The number of nitrogens with zero attached hydrogens (tertiary/aromatic N) is 1. The molecule has 1 aromatic rings. The molecule has 1 aromatic carbocycles. The molecule has 1 aliphatic carbocycles. The van der Waals surface area contributed by atoms with Gasteiger partial charge in [-0.15, -0.1) is 0 Å². The molecule has 0 saturated heterocycles. The van der Waals surface area contributed by atoms with Crippen LogP contribution in [0.3, 0.4) is 0 Å². The first-order valence-electron chi connectivity index (χ1n) is 6.89. The van der Waals surface area contributed by atoms with Crippen LogP contribution >= 0.6 is 0 Å². The summed E-state index contributed by atoms with van der Waals surface area (Å²) >= 11 is 0. The maximum absolute atomic E-state index is 11.4. The fourth-order valence-corrected chi connectivity index (χ4v) is 2.63. The molecule has 0 radical (unpaired) electrons. The second-order valence-electron chi connectivity index (χ2n) is 5.08. The Morgan fingerprint density at radius 3 is 2.84 bits per heavy atom. The zero-order valence-corrected chi connectivity index (χ0v) is 11.6. The molecule has 1 unspecified atom stereocenters. The predicted octanol–water partition coefficient (Wildman–Crippen LogP) is 3.55. The van der Waals surface area contributed by atoms with Crippen molar-refractivity contribution < 1.29 is 9.53 Å². The van der Waals surface area contributed by atoms with E-state index >= 15 is 0 Å². The number of aliphatic imine (C=N–C) groups is 1. The summed E-state index contributed by atoms with van der Waals surface area (Å²) in [5.41, 5.74) is 2.40. The molecule has 0 heterocycles. The third-order valence-corrected chi connectivity index (χ3v) is 3.74. The summed E-state index contributed by atoms with van der Waals surface area (Å²) in [6.07, 6.45) is 3.66. The zero-order valence-electron chi connectivity index (χ0n) is 11.6. The Morgan fingerprint density at radius 2 is 2.16 bits per heavy atom. The number of benzene rings is 1. The van der Waals surface area contributed by atoms with Crippen molar-refractivity contribution >= 4 is 11.7 Å². The number of hydrogen-bond donors (Lipinski definition) is 0. The minimum atomic E-state index is -0.132. The number of carbonyl (C=O) groups is 1. The lowest BCUT2D eigenvalue weighted by Crippen LogP contribution is -2.14. The lowest BCUT2D eigenvalue weighted by molar-refractivity contribution is -0.141. The SMILES string of the molecule is COC(=O)CC1CCCC1=N[C@H](C)c1ccccc1. The summed E-state index contributed by atoms with van der Waals surface area (Å²) in [6.45, 7) is 2.11. The van der Waals surface area contributed by atoms with Crippen LogP contribution < -0.4 is 0 Å². The monoisotopic (exact) mass is 259 g/mol. The van der Waals surface area contributed by atoms with Crippen LogP contribution in [0.5, 0.6) is 0 Å². The molecular formula is C16H21NO2. The van der Waals surface area contributed by atoms with Gasteiger partial charge in [-0.2, -0.15) is 0 Å². The van der Waals surface area contributed by atoms with Crippen LogP contribution in [0.1, 0.15) is 44.2 Å². The van der Waals surface area contributed by atoms with Crippen LogP contribution in [0.2, 0.25) is 0 Å². The molecule has 3 heteroatoms. The fourth-order valence-electron chi connectivity index (χ4n) is 2.63. The minimum Gasteiger partial charge on any atom is -0.469 e. The van der Waals surface area contributed by atoms with Crippen LogP contribution in [-0.4, -0.2) is 18.8 Å². The van der Waals surface area contributed by atoms with E-state index in [-0.39, 0.29) is 17.9 Å². The number of rotatable bonds is 4. The van der Waals surface area contributed by atoms with Crippen molar-refractivity contribution in [1.82, 2.24) is 0 Å². The van der Waals surface area contributed by atoms with Crippen molar-refractivity contribution in [2.24, 2.45) is 10.9 Å². The molecule has 19 heavy (non-hydrogen) atoms. The second-order valence-corrected chi connectivity index (χ2v) is 5.08. The van der Waals surface area contributed by atoms with Gasteiger partial charge in [-0.25, -0.2) is 0 Å². The van der Waals surface area contributed by atoms with Crippen molar-refractivity contribution in [3.05, 3.63) is 35.9 Å². The number of esters is 1. The van der Waals surface area contributed by atoms with Gasteiger partial charge >= 0.3 is 5.97 Å². The standard InChI is InChI=1S/C16H21NO2/c1-12(13-7-4-3-5-8-13)17-15-10-6-9-14(15)11-16(18)19-2/h3-5,7-8,12,14H,6,9-11H2,1-2H3/t12-,14?/m1/s1. The second kappa shape index (κ2) is 6.50. The molecular weight excluding hydrogens is 238 g/mol. The molecule has 1 saturated carbocycles. The Bertz CT molecular complexity index is 453. The van der Waals surface area contributed by atoms with E-state index < -0.39 is 0 Å². The van der Waals surface area contributed by atoms with E-state index in [1.165, 1.54) is 18.4 Å². The Hall–Kier alpha value is -1.64. The lowest BCUT2D eigenvalue weighted by atomic mass is 10.0. The Kier molecular flexibility index (Phi) is 4.72. The van der Waals surface area contributed by atoms with Gasteiger partial charge in [0.25, 0.3) is 0 Å². The van der Waals surface area contributed by atoms with E-state index in [0.29, 0.717) is 6.42 Å². The van der Waals surface area contributed by atoms with Gasteiger partial charge < -0.3 is 4.74 Å². The smallest absolute Gasteiger partial charge is 0.306 e. The van der Waals surface area contributed by atoms with Gasteiger partial charge in [0.05, 0.1) is 19.6 Å². The number of ether oxygens (including phenoxy) is 1. The summed E-state index contributed by atoms with van der Waals surface area (Å²) in [5, 5.41) is 0. The van der Waals surface area contributed by atoms with Gasteiger partial charge in [-0.3, -0.25) is 9.79 Å². The van der Waals surface area contributed by atoms with Crippen molar-refractivity contribution in [1.29, 1.82) is 0 Å². The van der Waals surface area contributed by atoms with Crippen molar-refractivity contribution in [2.75, 3.05) is 7.11 Å². The quantitative estimate of drug-likeness (QED) is 0.776. The van der Waals surface area contributed by atoms with Crippen LogP contribution in [0.25, 0.3) is 0 Å². The molecule has 0 spiro atoms. The summed E-state index contributed by atoms with van der Waals surface area (Å²) in [7, 11) is 1.45. The first kappa shape index (κ1) is 13.8. The van der Waals surface area contributed by atoms with Gasteiger partial charge in [-0.05, 0) is 31.7 Å². The third kappa shape index (κ3) is 3.66. The highest BCUT2D eigenvalue weighted by Gasteiger charge is 2.25. The molecule has 0 N–H and O–H groups in total. The van der Waals surface area contributed by atoms with Gasteiger partial charge in [0.1, 0.15) is 0 Å². The van der Waals surface area contributed by atoms with Gasteiger partial charge in [0, 0.05) is 11.6 Å². The Labute approximate surface area is 114 Å². The van der Waals surface area contributed by atoms with E-state index in [9.17, 15) is 4.79 Å². The molecule has 0 bridgehead atoms. The summed E-state index contributed by atoms with van der Waals surface area (Å²) in [4.78, 5) is 16.2. The molecule has 2 atom stereocenters. The first-order chi connectivity index (χ1) is 9.20. The van der Waals surface area contributed by atoms with E-state index in [2.05, 4.69) is 19.1 Å². The summed E-state index contributed by atoms with van der Waals surface area (Å²) in [6, 6.07) is 10.4. The molecule has 0 aromatic heterocycles. The molecule has 0 amide bonds. The predicted molar refractivity (Wildman–Crippen MR) is 76.3 cm³/mol. The lowest BCUT2D eigenvalue weighted by Gasteiger charge is -2.13. The number of hydrogen-bond acceptors (Lipinski definition) is 3. The van der Waals surface area contributed by atoms with Crippen LogP contribution in [-0.2, 0) is 9.53 Å². The van der Waals surface area contributed by atoms with E-state index in [1.807, 2.05) is 18.2 Å². The van der Waals surface area contributed by atoms with E-state index in [0.717, 1.165) is 19.3 Å². The Morgan fingerprint density at radius 1 is 1.42 bits per heavy atom. The van der Waals surface area contributed by atoms with Crippen molar-refractivity contribution in [3.63, 3.8) is 0 Å². The molecule has 3 nitrogen and oxygen atoms in total. The molecule has 102 valence electrons. The maximum Gasteiger partial charge on any atom is 0.306 e. The highest BCUT2D eigenvalue weighted by molar-refractivity contribution is 5.91. The third-order valence-electron chi connectivity index (χ3n) is 3.74.